The number of rotatable bonds is 5. The molecule has 3 N–H and O–H groups in total. The number of carboxylic acids is 1. The van der Waals surface area contributed by atoms with Crippen molar-refractivity contribution in [3.05, 3.63) is 22.4 Å². The first-order valence-electron chi connectivity index (χ1n) is 6.45. The summed E-state index contributed by atoms with van der Waals surface area (Å²) in [4.78, 5) is 22.7. The van der Waals surface area contributed by atoms with Crippen LogP contribution < -0.4 is 10.6 Å². The molecule has 0 aliphatic heterocycles. The summed E-state index contributed by atoms with van der Waals surface area (Å²) in [6, 6.07) is 1.52. The highest BCUT2D eigenvalue weighted by Gasteiger charge is 2.33. The molecule has 19 heavy (non-hydrogen) atoms. The standard InChI is InChI=1S/C13H18N2O3S/c16-12(17)10-2-1-3-11(10)15-13(18)14-6-4-9-5-7-19-8-9/h5,7-8,10-11H,1-4,6H2,(H,16,17)(H2,14,15,18). The third kappa shape index (κ3) is 3.96. The number of carbonyl (C=O) groups is 2. The number of carbonyl (C=O) groups excluding carboxylic acids is 1. The number of hydrogen-bond acceptors (Lipinski definition) is 3. The Balaban J connectivity index is 1.70. The third-order valence-electron chi connectivity index (χ3n) is 3.43. The summed E-state index contributed by atoms with van der Waals surface area (Å²) in [6.07, 6.45) is 3.05. The van der Waals surface area contributed by atoms with Crippen molar-refractivity contribution in [2.75, 3.05) is 6.54 Å². The molecule has 1 saturated carbocycles. The molecule has 0 radical (unpaired) electrons. The van der Waals surface area contributed by atoms with Crippen molar-refractivity contribution < 1.29 is 14.7 Å². The molecule has 0 aromatic carbocycles. The molecule has 1 aromatic heterocycles. The number of nitrogens with one attached hydrogen (secondary N) is 2. The lowest BCUT2D eigenvalue weighted by Gasteiger charge is -2.17. The molecule has 1 fully saturated rings. The second-order valence-corrected chi connectivity index (χ2v) is 5.54. The number of hydrogen-bond donors (Lipinski definition) is 3. The average Bonchev–Trinajstić information content (AvgIpc) is 2.99. The fourth-order valence-electron chi connectivity index (χ4n) is 2.40. The Labute approximate surface area is 116 Å². The topological polar surface area (TPSA) is 78.4 Å². The predicted molar refractivity (Wildman–Crippen MR) is 73.3 cm³/mol. The van der Waals surface area contributed by atoms with Crippen LogP contribution in [-0.2, 0) is 11.2 Å². The maximum absolute atomic E-state index is 11.7. The van der Waals surface area contributed by atoms with Gasteiger partial charge in [0.15, 0.2) is 0 Å². The van der Waals surface area contributed by atoms with E-state index >= 15 is 0 Å². The van der Waals surface area contributed by atoms with E-state index in [2.05, 4.69) is 16.0 Å². The molecule has 104 valence electrons. The molecule has 6 heteroatoms. The first kappa shape index (κ1) is 13.9. The minimum Gasteiger partial charge on any atom is -0.481 e. The highest BCUT2D eigenvalue weighted by atomic mass is 32.1. The van der Waals surface area contributed by atoms with Gasteiger partial charge in [-0.15, -0.1) is 0 Å². The van der Waals surface area contributed by atoms with Crippen LogP contribution in [-0.4, -0.2) is 29.7 Å². The van der Waals surface area contributed by atoms with E-state index in [1.54, 1.807) is 11.3 Å². The second-order valence-electron chi connectivity index (χ2n) is 4.76. The fourth-order valence-corrected chi connectivity index (χ4v) is 3.11. The van der Waals surface area contributed by atoms with E-state index in [-0.39, 0.29) is 12.1 Å². The van der Waals surface area contributed by atoms with Gasteiger partial charge in [0, 0.05) is 12.6 Å². The first-order chi connectivity index (χ1) is 9.16. The van der Waals surface area contributed by atoms with Gasteiger partial charge in [0.25, 0.3) is 0 Å². The Morgan fingerprint density at radius 2 is 2.26 bits per heavy atom. The molecular formula is C13H18N2O3S. The molecular weight excluding hydrogens is 264 g/mol. The van der Waals surface area contributed by atoms with Gasteiger partial charge in [-0.25, -0.2) is 4.79 Å². The normalized spacial score (nSPS) is 22.1. The van der Waals surface area contributed by atoms with Crippen LogP contribution in [0.4, 0.5) is 4.79 Å². The van der Waals surface area contributed by atoms with Crippen molar-refractivity contribution in [3.8, 4) is 0 Å². The Morgan fingerprint density at radius 3 is 2.95 bits per heavy atom. The summed E-state index contributed by atoms with van der Waals surface area (Å²) in [7, 11) is 0. The van der Waals surface area contributed by atoms with Gasteiger partial charge in [0.1, 0.15) is 0 Å². The largest absolute Gasteiger partial charge is 0.481 e. The van der Waals surface area contributed by atoms with Gasteiger partial charge in [0.2, 0.25) is 0 Å². The molecule has 1 aliphatic carbocycles. The number of aliphatic carboxylic acids is 1. The van der Waals surface area contributed by atoms with Crippen LogP contribution in [0.25, 0.3) is 0 Å². The lowest BCUT2D eigenvalue weighted by atomic mass is 10.0. The van der Waals surface area contributed by atoms with Crippen molar-refractivity contribution in [2.24, 2.45) is 5.92 Å². The van der Waals surface area contributed by atoms with E-state index in [1.807, 2.05) is 11.4 Å². The quantitative estimate of drug-likeness (QED) is 0.771. The van der Waals surface area contributed by atoms with E-state index in [4.69, 9.17) is 5.11 Å². The van der Waals surface area contributed by atoms with Crippen LogP contribution >= 0.6 is 11.3 Å². The van der Waals surface area contributed by atoms with E-state index in [0.717, 1.165) is 19.3 Å². The smallest absolute Gasteiger partial charge is 0.315 e. The van der Waals surface area contributed by atoms with Crippen LogP contribution in [0.3, 0.4) is 0 Å². The van der Waals surface area contributed by atoms with Gasteiger partial charge < -0.3 is 15.7 Å². The average molecular weight is 282 g/mol. The molecule has 2 unspecified atom stereocenters. The van der Waals surface area contributed by atoms with Crippen molar-refractivity contribution in [1.82, 2.24) is 10.6 Å². The highest BCUT2D eigenvalue weighted by Crippen LogP contribution is 2.25. The minimum atomic E-state index is -0.818. The lowest BCUT2D eigenvalue weighted by Crippen LogP contribution is -2.45. The van der Waals surface area contributed by atoms with Crippen molar-refractivity contribution >= 4 is 23.3 Å². The Hall–Kier alpha value is -1.56. The SMILES string of the molecule is O=C(NCCc1ccsc1)NC1CCCC1C(=O)O. The third-order valence-corrected chi connectivity index (χ3v) is 4.16. The van der Waals surface area contributed by atoms with Crippen LogP contribution in [0, 0.1) is 5.92 Å². The van der Waals surface area contributed by atoms with Crippen LogP contribution in [0.1, 0.15) is 24.8 Å². The number of thiophene rings is 1. The van der Waals surface area contributed by atoms with Gasteiger partial charge in [0.05, 0.1) is 5.92 Å². The summed E-state index contributed by atoms with van der Waals surface area (Å²) in [5, 5.41) is 18.6. The lowest BCUT2D eigenvalue weighted by molar-refractivity contribution is -0.142. The Bertz CT molecular complexity index is 433. The molecule has 0 spiro atoms. The monoisotopic (exact) mass is 282 g/mol. The summed E-state index contributed by atoms with van der Waals surface area (Å²) in [5.74, 6) is -1.26. The molecule has 0 saturated heterocycles. The van der Waals surface area contributed by atoms with Crippen LogP contribution in [0.5, 0.6) is 0 Å². The maximum Gasteiger partial charge on any atom is 0.315 e. The summed E-state index contributed by atoms with van der Waals surface area (Å²) in [5.41, 5.74) is 1.20. The van der Waals surface area contributed by atoms with Gasteiger partial charge in [-0.2, -0.15) is 11.3 Å². The zero-order valence-corrected chi connectivity index (χ0v) is 11.4. The molecule has 5 nitrogen and oxygen atoms in total. The molecule has 2 rings (SSSR count). The number of amides is 2. The molecule has 2 amide bonds. The summed E-state index contributed by atoms with van der Waals surface area (Å²) >= 11 is 1.63. The summed E-state index contributed by atoms with van der Waals surface area (Å²) < 4.78 is 0. The second kappa shape index (κ2) is 6.56. The van der Waals surface area contributed by atoms with E-state index in [1.165, 1.54) is 5.56 Å². The van der Waals surface area contributed by atoms with E-state index in [0.29, 0.717) is 13.0 Å². The summed E-state index contributed by atoms with van der Waals surface area (Å²) in [6.45, 7) is 0.563. The highest BCUT2D eigenvalue weighted by molar-refractivity contribution is 7.07. The zero-order chi connectivity index (χ0) is 13.7. The van der Waals surface area contributed by atoms with Crippen LogP contribution in [0.15, 0.2) is 16.8 Å². The molecule has 0 bridgehead atoms. The molecule has 1 aromatic rings. The fraction of sp³-hybridized carbons (Fsp3) is 0.538. The van der Waals surface area contributed by atoms with Crippen molar-refractivity contribution in [1.29, 1.82) is 0 Å². The molecule has 2 atom stereocenters. The first-order valence-corrected chi connectivity index (χ1v) is 7.39. The van der Waals surface area contributed by atoms with Gasteiger partial charge >= 0.3 is 12.0 Å². The van der Waals surface area contributed by atoms with Crippen LogP contribution in [0.2, 0.25) is 0 Å². The van der Waals surface area contributed by atoms with E-state index in [9.17, 15) is 9.59 Å². The van der Waals surface area contributed by atoms with Gasteiger partial charge in [-0.05, 0) is 41.7 Å². The van der Waals surface area contributed by atoms with E-state index < -0.39 is 11.9 Å². The van der Waals surface area contributed by atoms with Gasteiger partial charge in [-0.1, -0.05) is 6.42 Å². The predicted octanol–water partition coefficient (Wildman–Crippen LogP) is 1.84. The van der Waals surface area contributed by atoms with Gasteiger partial charge in [-0.3, -0.25) is 4.79 Å². The maximum atomic E-state index is 11.7. The Kier molecular flexibility index (Phi) is 4.79. The minimum absolute atomic E-state index is 0.237. The zero-order valence-electron chi connectivity index (χ0n) is 10.6. The van der Waals surface area contributed by atoms with Crippen molar-refractivity contribution in [2.45, 2.75) is 31.7 Å². The molecule has 1 heterocycles. The number of carboxylic acid groups (broad SMARTS) is 1. The number of urea groups is 1. The Morgan fingerprint density at radius 1 is 1.42 bits per heavy atom. The molecule has 1 aliphatic rings. The van der Waals surface area contributed by atoms with Crippen molar-refractivity contribution in [3.63, 3.8) is 0 Å².